The monoisotopic (exact) mass is 330 g/mol. The maximum atomic E-state index is 12.5. The van der Waals surface area contributed by atoms with Crippen molar-refractivity contribution in [1.82, 2.24) is 4.31 Å². The first-order chi connectivity index (χ1) is 9.91. The molecule has 1 aromatic rings. The van der Waals surface area contributed by atoms with Crippen LogP contribution in [0.3, 0.4) is 0 Å². The summed E-state index contributed by atoms with van der Waals surface area (Å²) in [6, 6.07) is 6.28. The van der Waals surface area contributed by atoms with Gasteiger partial charge in [0.1, 0.15) is 5.38 Å². The fourth-order valence-electron chi connectivity index (χ4n) is 2.23. The number of nitrogens with zero attached hydrogens (tertiary/aromatic N) is 1. The van der Waals surface area contributed by atoms with Crippen LogP contribution in [0.5, 0.6) is 0 Å². The Morgan fingerprint density at radius 2 is 1.95 bits per heavy atom. The van der Waals surface area contributed by atoms with Gasteiger partial charge in [0.2, 0.25) is 15.9 Å². The van der Waals surface area contributed by atoms with E-state index < -0.39 is 15.4 Å². The van der Waals surface area contributed by atoms with Gasteiger partial charge in [0, 0.05) is 18.8 Å². The highest BCUT2D eigenvalue weighted by Crippen LogP contribution is 2.23. The molecule has 1 N–H and O–H groups in total. The number of alkyl halides is 1. The molecule has 1 atom stereocenters. The molecule has 7 heteroatoms. The fourth-order valence-corrected chi connectivity index (χ4v) is 3.85. The van der Waals surface area contributed by atoms with Crippen LogP contribution in [-0.4, -0.2) is 37.1 Å². The van der Waals surface area contributed by atoms with E-state index in [-0.39, 0.29) is 10.8 Å². The third-order valence-corrected chi connectivity index (χ3v) is 5.51. The fraction of sp³-hybridized carbons (Fsp3) is 0.500. The Kier molecular flexibility index (Phi) is 5.24. The average Bonchev–Trinajstić information content (AvgIpc) is 2.48. The molecule has 1 unspecified atom stereocenters. The van der Waals surface area contributed by atoms with Crippen molar-refractivity contribution in [3.05, 3.63) is 24.3 Å². The highest BCUT2D eigenvalue weighted by atomic mass is 35.5. The van der Waals surface area contributed by atoms with E-state index in [4.69, 9.17) is 11.6 Å². The highest BCUT2D eigenvalue weighted by molar-refractivity contribution is 7.89. The molecule has 0 saturated carbocycles. The predicted molar refractivity (Wildman–Crippen MR) is 83.0 cm³/mol. The van der Waals surface area contributed by atoms with Crippen molar-refractivity contribution in [3.63, 3.8) is 0 Å². The van der Waals surface area contributed by atoms with Gasteiger partial charge in [0.05, 0.1) is 4.90 Å². The molecule has 0 aromatic heterocycles. The second-order valence-corrected chi connectivity index (χ2v) is 7.69. The smallest absolute Gasteiger partial charge is 0.243 e. The van der Waals surface area contributed by atoms with Gasteiger partial charge >= 0.3 is 0 Å². The normalized spacial score (nSPS) is 18.2. The van der Waals surface area contributed by atoms with Crippen molar-refractivity contribution in [3.8, 4) is 0 Å². The molecule has 1 amide bonds. The molecular weight excluding hydrogens is 312 g/mol. The van der Waals surface area contributed by atoms with Gasteiger partial charge in [0.25, 0.3) is 0 Å². The van der Waals surface area contributed by atoms with Crippen LogP contribution in [0.15, 0.2) is 29.2 Å². The van der Waals surface area contributed by atoms with Crippen molar-refractivity contribution >= 4 is 33.2 Å². The summed E-state index contributed by atoms with van der Waals surface area (Å²) in [5.74, 6) is -0.357. The number of benzene rings is 1. The molecule has 2 rings (SSSR count). The van der Waals surface area contributed by atoms with Crippen molar-refractivity contribution in [1.29, 1.82) is 0 Å². The van der Waals surface area contributed by atoms with Gasteiger partial charge in [-0.15, -0.1) is 11.6 Å². The minimum atomic E-state index is -3.49. The van der Waals surface area contributed by atoms with E-state index in [0.717, 1.165) is 19.3 Å². The number of carbonyl (C=O) groups is 1. The Morgan fingerprint density at radius 1 is 1.29 bits per heavy atom. The zero-order chi connectivity index (χ0) is 15.5. The van der Waals surface area contributed by atoms with Gasteiger partial charge in [-0.2, -0.15) is 4.31 Å². The van der Waals surface area contributed by atoms with E-state index in [2.05, 4.69) is 5.32 Å². The first-order valence-electron chi connectivity index (χ1n) is 6.96. The molecule has 5 nitrogen and oxygen atoms in total. The van der Waals surface area contributed by atoms with Crippen LogP contribution < -0.4 is 5.32 Å². The zero-order valence-corrected chi connectivity index (χ0v) is 13.5. The Labute approximate surface area is 130 Å². The number of hydrogen-bond donors (Lipinski definition) is 1. The molecule has 116 valence electrons. The summed E-state index contributed by atoms with van der Waals surface area (Å²) in [7, 11) is -3.49. The molecule has 1 aliphatic heterocycles. The number of sulfonamides is 1. The lowest BCUT2D eigenvalue weighted by molar-refractivity contribution is -0.115. The molecule has 0 aliphatic carbocycles. The van der Waals surface area contributed by atoms with Gasteiger partial charge in [-0.3, -0.25) is 4.79 Å². The second-order valence-electron chi connectivity index (χ2n) is 5.10. The van der Waals surface area contributed by atoms with Crippen LogP contribution in [0, 0.1) is 0 Å². The molecule has 1 saturated heterocycles. The quantitative estimate of drug-likeness (QED) is 0.862. The van der Waals surface area contributed by atoms with Crippen LogP contribution in [0.25, 0.3) is 0 Å². The number of anilines is 1. The maximum absolute atomic E-state index is 12.5. The number of halogens is 1. The maximum Gasteiger partial charge on any atom is 0.243 e. The number of carbonyl (C=O) groups excluding carboxylic acids is 1. The summed E-state index contributed by atoms with van der Waals surface area (Å²) in [6.45, 7) is 2.67. The third kappa shape index (κ3) is 3.96. The van der Waals surface area contributed by atoms with Crippen LogP contribution in [0.1, 0.15) is 26.2 Å². The summed E-state index contributed by atoms with van der Waals surface area (Å²) >= 11 is 5.69. The first kappa shape index (κ1) is 16.3. The highest BCUT2D eigenvalue weighted by Gasteiger charge is 2.26. The summed E-state index contributed by atoms with van der Waals surface area (Å²) in [5, 5.41) is 1.93. The molecule has 0 bridgehead atoms. The lowest BCUT2D eigenvalue weighted by Gasteiger charge is -2.26. The molecule has 1 aliphatic rings. The predicted octanol–water partition coefficient (Wildman–Crippen LogP) is 2.43. The standard InChI is InChI=1S/C14H19ClN2O3S/c1-11(15)14(18)16-12-6-5-7-13(10-12)21(19,20)17-8-3-2-4-9-17/h5-7,10-11H,2-4,8-9H2,1H3,(H,16,18). The van der Waals surface area contributed by atoms with Gasteiger partial charge in [-0.1, -0.05) is 12.5 Å². The molecule has 1 aromatic carbocycles. The van der Waals surface area contributed by atoms with E-state index in [9.17, 15) is 13.2 Å². The second kappa shape index (κ2) is 6.77. The van der Waals surface area contributed by atoms with Crippen molar-refractivity contribution < 1.29 is 13.2 Å². The number of piperidine rings is 1. The first-order valence-corrected chi connectivity index (χ1v) is 8.84. The van der Waals surface area contributed by atoms with E-state index in [1.165, 1.54) is 10.4 Å². The van der Waals surface area contributed by atoms with Crippen molar-refractivity contribution in [2.75, 3.05) is 18.4 Å². The molecule has 0 spiro atoms. The third-order valence-electron chi connectivity index (χ3n) is 3.42. The summed E-state index contributed by atoms with van der Waals surface area (Å²) in [5.41, 5.74) is 0.436. The summed E-state index contributed by atoms with van der Waals surface area (Å²) in [6.07, 6.45) is 2.84. The lowest BCUT2D eigenvalue weighted by Crippen LogP contribution is -2.35. The molecule has 1 heterocycles. The van der Waals surface area contributed by atoms with Crippen molar-refractivity contribution in [2.45, 2.75) is 36.5 Å². The van der Waals surface area contributed by atoms with Crippen LogP contribution in [-0.2, 0) is 14.8 Å². The number of hydrogen-bond acceptors (Lipinski definition) is 3. The number of amides is 1. The van der Waals surface area contributed by atoms with Crippen LogP contribution in [0.4, 0.5) is 5.69 Å². The van der Waals surface area contributed by atoms with Gasteiger partial charge < -0.3 is 5.32 Å². The van der Waals surface area contributed by atoms with Crippen LogP contribution >= 0.6 is 11.6 Å². The minimum Gasteiger partial charge on any atom is -0.325 e. The molecule has 21 heavy (non-hydrogen) atoms. The Bertz CT molecular complexity index is 610. The molecule has 0 radical (unpaired) electrons. The van der Waals surface area contributed by atoms with E-state index in [1.54, 1.807) is 25.1 Å². The minimum absolute atomic E-state index is 0.199. The zero-order valence-electron chi connectivity index (χ0n) is 11.9. The Morgan fingerprint density at radius 3 is 2.57 bits per heavy atom. The summed E-state index contributed by atoms with van der Waals surface area (Å²) in [4.78, 5) is 11.8. The number of nitrogens with one attached hydrogen (secondary N) is 1. The topological polar surface area (TPSA) is 66.5 Å². The lowest BCUT2D eigenvalue weighted by atomic mass is 10.2. The van der Waals surface area contributed by atoms with Crippen molar-refractivity contribution in [2.24, 2.45) is 0 Å². The van der Waals surface area contributed by atoms with E-state index in [0.29, 0.717) is 18.8 Å². The van der Waals surface area contributed by atoms with Crippen LogP contribution in [0.2, 0.25) is 0 Å². The summed E-state index contributed by atoms with van der Waals surface area (Å²) < 4.78 is 26.6. The van der Waals surface area contributed by atoms with E-state index >= 15 is 0 Å². The average molecular weight is 331 g/mol. The Balaban J connectivity index is 2.21. The van der Waals surface area contributed by atoms with Gasteiger partial charge in [-0.05, 0) is 38.0 Å². The van der Waals surface area contributed by atoms with E-state index in [1.807, 2.05) is 0 Å². The molecular formula is C14H19ClN2O3S. The number of rotatable bonds is 4. The SMILES string of the molecule is CC(Cl)C(=O)Nc1cccc(S(=O)(=O)N2CCCCC2)c1. The van der Waals surface area contributed by atoms with Gasteiger partial charge in [-0.25, -0.2) is 8.42 Å². The largest absolute Gasteiger partial charge is 0.325 e. The Hall–Kier alpha value is -1.11. The molecule has 1 fully saturated rings. The van der Waals surface area contributed by atoms with Gasteiger partial charge in [0.15, 0.2) is 0 Å².